The SMILES string of the molecule is Cc1noc(C)c1CCCNC(=O)NCC(C)(O)c1ccco1. The van der Waals surface area contributed by atoms with Crippen LogP contribution in [0.2, 0.25) is 0 Å². The monoisotopic (exact) mass is 321 g/mol. The largest absolute Gasteiger partial charge is 0.466 e. The number of hydrogen-bond donors (Lipinski definition) is 3. The molecule has 0 aliphatic heterocycles. The van der Waals surface area contributed by atoms with Crippen LogP contribution in [-0.4, -0.2) is 29.4 Å². The maximum Gasteiger partial charge on any atom is 0.314 e. The van der Waals surface area contributed by atoms with Gasteiger partial charge in [-0.15, -0.1) is 0 Å². The number of carbonyl (C=O) groups excluding carboxylic acids is 1. The van der Waals surface area contributed by atoms with Crippen LogP contribution in [0.4, 0.5) is 4.79 Å². The molecular formula is C16H23N3O4. The number of aromatic nitrogens is 1. The van der Waals surface area contributed by atoms with Gasteiger partial charge in [0.15, 0.2) is 0 Å². The molecule has 23 heavy (non-hydrogen) atoms. The molecule has 2 heterocycles. The minimum absolute atomic E-state index is 0.0657. The Bertz CT molecular complexity index is 612. The first-order valence-electron chi connectivity index (χ1n) is 7.60. The number of furan rings is 1. The standard InChI is InChI=1S/C16H23N3O4/c1-11-13(12(2)23-19-11)6-4-8-17-15(20)18-10-16(3,21)14-7-5-9-22-14/h5,7,9,21H,4,6,8,10H2,1-3H3,(H2,17,18,20). The lowest BCUT2D eigenvalue weighted by molar-refractivity contribution is 0.0367. The summed E-state index contributed by atoms with van der Waals surface area (Å²) in [5, 5.41) is 19.5. The molecule has 2 aromatic heterocycles. The Morgan fingerprint density at radius 2 is 2.17 bits per heavy atom. The van der Waals surface area contributed by atoms with Crippen LogP contribution in [0.5, 0.6) is 0 Å². The molecule has 0 aliphatic rings. The highest BCUT2D eigenvalue weighted by atomic mass is 16.5. The average Bonchev–Trinajstić information content (AvgIpc) is 3.14. The number of aryl methyl sites for hydroxylation is 2. The Labute approximate surface area is 135 Å². The maximum absolute atomic E-state index is 11.8. The Kier molecular flexibility index (Phi) is 5.44. The summed E-state index contributed by atoms with van der Waals surface area (Å²) in [6, 6.07) is 3.04. The molecule has 0 spiro atoms. The first-order valence-corrected chi connectivity index (χ1v) is 7.60. The topological polar surface area (TPSA) is 101 Å². The minimum atomic E-state index is -1.24. The van der Waals surface area contributed by atoms with Crippen molar-refractivity contribution in [3.05, 3.63) is 41.2 Å². The van der Waals surface area contributed by atoms with Crippen LogP contribution in [0.25, 0.3) is 0 Å². The molecule has 2 aromatic rings. The first kappa shape index (κ1) is 17.1. The summed E-state index contributed by atoms with van der Waals surface area (Å²) in [5.41, 5.74) is 0.742. The van der Waals surface area contributed by atoms with Crippen LogP contribution in [0, 0.1) is 13.8 Å². The van der Waals surface area contributed by atoms with E-state index in [-0.39, 0.29) is 12.6 Å². The number of nitrogens with zero attached hydrogens (tertiary/aromatic N) is 1. The molecule has 0 aliphatic carbocycles. The number of nitrogens with one attached hydrogen (secondary N) is 2. The highest BCUT2D eigenvalue weighted by Gasteiger charge is 2.26. The molecular weight excluding hydrogens is 298 g/mol. The average molecular weight is 321 g/mol. The Morgan fingerprint density at radius 1 is 1.39 bits per heavy atom. The van der Waals surface area contributed by atoms with E-state index in [0.29, 0.717) is 12.3 Å². The van der Waals surface area contributed by atoms with Gasteiger partial charge in [0.25, 0.3) is 0 Å². The number of carbonyl (C=O) groups is 1. The molecule has 2 rings (SSSR count). The molecule has 1 atom stereocenters. The lowest BCUT2D eigenvalue weighted by Gasteiger charge is -2.21. The number of rotatable bonds is 7. The molecule has 126 valence electrons. The molecule has 0 saturated carbocycles. The smallest absolute Gasteiger partial charge is 0.314 e. The number of hydrogen-bond acceptors (Lipinski definition) is 5. The van der Waals surface area contributed by atoms with Crippen molar-refractivity contribution in [1.29, 1.82) is 0 Å². The number of aliphatic hydroxyl groups is 1. The third-order valence-corrected chi connectivity index (χ3v) is 3.72. The van der Waals surface area contributed by atoms with E-state index in [4.69, 9.17) is 8.94 Å². The summed E-state index contributed by atoms with van der Waals surface area (Å²) < 4.78 is 10.3. The molecule has 0 radical (unpaired) electrons. The fourth-order valence-electron chi connectivity index (χ4n) is 2.31. The number of urea groups is 1. The van der Waals surface area contributed by atoms with Crippen LogP contribution >= 0.6 is 0 Å². The Balaban J connectivity index is 1.68. The molecule has 0 bridgehead atoms. The van der Waals surface area contributed by atoms with E-state index in [2.05, 4.69) is 15.8 Å². The quantitative estimate of drug-likeness (QED) is 0.677. The zero-order chi connectivity index (χ0) is 16.9. The minimum Gasteiger partial charge on any atom is -0.466 e. The maximum atomic E-state index is 11.8. The predicted molar refractivity (Wildman–Crippen MR) is 84.0 cm³/mol. The fourth-order valence-corrected chi connectivity index (χ4v) is 2.31. The predicted octanol–water partition coefficient (Wildman–Crippen LogP) is 2.02. The van der Waals surface area contributed by atoms with Crippen molar-refractivity contribution in [3.63, 3.8) is 0 Å². The van der Waals surface area contributed by atoms with Crippen molar-refractivity contribution in [2.75, 3.05) is 13.1 Å². The Morgan fingerprint density at radius 3 is 2.78 bits per heavy atom. The third kappa shape index (κ3) is 4.59. The molecule has 0 saturated heterocycles. The van der Waals surface area contributed by atoms with Crippen molar-refractivity contribution in [2.24, 2.45) is 0 Å². The molecule has 2 amide bonds. The van der Waals surface area contributed by atoms with E-state index in [1.54, 1.807) is 19.1 Å². The van der Waals surface area contributed by atoms with Crippen LogP contribution in [0.15, 0.2) is 27.3 Å². The van der Waals surface area contributed by atoms with Crippen molar-refractivity contribution >= 4 is 6.03 Å². The highest BCUT2D eigenvalue weighted by Crippen LogP contribution is 2.19. The highest BCUT2D eigenvalue weighted by molar-refractivity contribution is 5.73. The van der Waals surface area contributed by atoms with Crippen LogP contribution in [0.1, 0.15) is 36.1 Å². The summed E-state index contributed by atoms with van der Waals surface area (Å²) >= 11 is 0. The van der Waals surface area contributed by atoms with Crippen LogP contribution in [0.3, 0.4) is 0 Å². The van der Waals surface area contributed by atoms with Crippen molar-refractivity contribution in [3.8, 4) is 0 Å². The van der Waals surface area contributed by atoms with E-state index in [9.17, 15) is 9.90 Å². The second-order valence-electron chi connectivity index (χ2n) is 5.77. The van der Waals surface area contributed by atoms with E-state index < -0.39 is 5.60 Å². The summed E-state index contributed by atoms with van der Waals surface area (Å²) in [7, 11) is 0. The second-order valence-corrected chi connectivity index (χ2v) is 5.77. The van der Waals surface area contributed by atoms with Crippen molar-refractivity contribution in [1.82, 2.24) is 15.8 Å². The molecule has 1 unspecified atom stereocenters. The summed E-state index contributed by atoms with van der Waals surface area (Å²) in [6.07, 6.45) is 3.06. The summed E-state index contributed by atoms with van der Waals surface area (Å²) in [5.74, 6) is 1.23. The number of amides is 2. The Hall–Kier alpha value is -2.28. The van der Waals surface area contributed by atoms with Crippen LogP contribution < -0.4 is 10.6 Å². The lowest BCUT2D eigenvalue weighted by Crippen LogP contribution is -2.43. The molecule has 7 heteroatoms. The molecule has 0 aromatic carbocycles. The first-order chi connectivity index (χ1) is 10.9. The molecule has 3 N–H and O–H groups in total. The lowest BCUT2D eigenvalue weighted by atomic mass is 10.0. The third-order valence-electron chi connectivity index (χ3n) is 3.72. The normalized spacial score (nSPS) is 13.6. The van der Waals surface area contributed by atoms with Gasteiger partial charge in [-0.05, 0) is 45.7 Å². The van der Waals surface area contributed by atoms with Crippen LogP contribution in [-0.2, 0) is 12.0 Å². The zero-order valence-electron chi connectivity index (χ0n) is 13.7. The van der Waals surface area contributed by atoms with Gasteiger partial charge in [-0.25, -0.2) is 4.79 Å². The van der Waals surface area contributed by atoms with Gasteiger partial charge in [0, 0.05) is 12.1 Å². The van der Waals surface area contributed by atoms with E-state index in [0.717, 1.165) is 29.9 Å². The fraction of sp³-hybridized carbons (Fsp3) is 0.500. The van der Waals surface area contributed by atoms with Gasteiger partial charge in [0.1, 0.15) is 17.1 Å². The van der Waals surface area contributed by atoms with Gasteiger partial charge in [0.05, 0.1) is 18.5 Å². The second kappa shape index (κ2) is 7.32. The van der Waals surface area contributed by atoms with Crippen molar-refractivity contribution < 1.29 is 18.8 Å². The van der Waals surface area contributed by atoms with Gasteiger partial charge in [-0.2, -0.15) is 0 Å². The molecule has 7 nitrogen and oxygen atoms in total. The van der Waals surface area contributed by atoms with E-state index in [1.165, 1.54) is 6.26 Å². The van der Waals surface area contributed by atoms with Gasteiger partial charge in [0.2, 0.25) is 0 Å². The van der Waals surface area contributed by atoms with E-state index in [1.807, 2.05) is 13.8 Å². The van der Waals surface area contributed by atoms with Gasteiger partial charge >= 0.3 is 6.03 Å². The molecule has 0 fully saturated rings. The van der Waals surface area contributed by atoms with Gasteiger partial charge in [-0.1, -0.05) is 5.16 Å². The summed E-state index contributed by atoms with van der Waals surface area (Å²) in [4.78, 5) is 11.8. The van der Waals surface area contributed by atoms with Gasteiger partial charge < -0.3 is 24.7 Å². The van der Waals surface area contributed by atoms with Gasteiger partial charge in [-0.3, -0.25) is 0 Å². The summed E-state index contributed by atoms with van der Waals surface area (Å²) in [6.45, 7) is 5.97. The van der Waals surface area contributed by atoms with Crippen molar-refractivity contribution in [2.45, 2.75) is 39.2 Å². The van der Waals surface area contributed by atoms with E-state index >= 15 is 0 Å². The zero-order valence-corrected chi connectivity index (χ0v) is 13.7.